The molecule has 0 aromatic rings. The smallest absolute Gasteiger partial charge is 0.0110 e. The molecule has 19 heavy (non-hydrogen) atoms. The molecule has 0 saturated carbocycles. The third-order valence-corrected chi connectivity index (χ3v) is 4.63. The van der Waals surface area contributed by atoms with Crippen molar-refractivity contribution in [1.29, 1.82) is 0 Å². The minimum absolute atomic E-state index is 0.956. The Morgan fingerprint density at radius 1 is 0.737 bits per heavy atom. The average Bonchev–Trinajstić information content (AvgIpc) is 2.50. The van der Waals surface area contributed by atoms with Crippen LogP contribution in [0, 0.1) is 0 Å². The van der Waals surface area contributed by atoms with E-state index in [0.717, 1.165) is 24.6 Å². The van der Waals surface area contributed by atoms with Crippen molar-refractivity contribution < 1.29 is 0 Å². The molecule has 0 N–H and O–H groups in total. The maximum absolute atomic E-state index is 4.38. The summed E-state index contributed by atoms with van der Waals surface area (Å²) in [7, 11) is 0. The Morgan fingerprint density at radius 2 is 1.11 bits per heavy atom. The fourth-order valence-electron chi connectivity index (χ4n) is 2.36. The maximum Gasteiger partial charge on any atom is 0.0110 e. The second-order valence-electron chi connectivity index (χ2n) is 4.96. The lowest BCUT2D eigenvalue weighted by Gasteiger charge is -2.25. The molecule has 0 aromatic carbocycles. The Balaban J connectivity index is 2.49. The molecule has 1 saturated heterocycles. The van der Waals surface area contributed by atoms with Gasteiger partial charge < -0.3 is 0 Å². The number of hydrogen-bond donors (Lipinski definition) is 2. The number of rotatable bonds is 7. The molecule has 0 atom stereocenters. The highest BCUT2D eigenvalue weighted by Crippen LogP contribution is 2.03. The van der Waals surface area contributed by atoms with E-state index in [1.165, 1.54) is 51.6 Å². The van der Waals surface area contributed by atoms with Crippen LogP contribution in [0.2, 0.25) is 0 Å². The first-order valence-corrected chi connectivity index (χ1v) is 9.83. The van der Waals surface area contributed by atoms with Crippen LogP contribution in [0.25, 0.3) is 0 Å². The maximum atomic E-state index is 4.38. The van der Waals surface area contributed by atoms with Crippen LogP contribution in [0.1, 0.15) is 0 Å². The zero-order chi connectivity index (χ0) is 13.9. The van der Waals surface area contributed by atoms with Gasteiger partial charge in [-0.2, -0.15) is 37.0 Å². The average molecular weight is 324 g/mol. The summed E-state index contributed by atoms with van der Waals surface area (Å²) >= 11 is 10.7. The van der Waals surface area contributed by atoms with Crippen LogP contribution >= 0.6 is 37.0 Å². The van der Waals surface area contributed by atoms with Crippen molar-refractivity contribution in [2.45, 2.75) is 0 Å². The molecule has 0 radical (unpaired) electrons. The van der Waals surface area contributed by atoms with E-state index in [2.05, 4.69) is 46.2 Å². The van der Waals surface area contributed by atoms with Crippen LogP contribution in [0.4, 0.5) is 0 Å². The molecule has 1 aliphatic heterocycles. The van der Waals surface area contributed by atoms with Crippen molar-refractivity contribution in [3.05, 3.63) is 0 Å². The molecule has 1 fully saturated rings. The van der Waals surface area contributed by atoms with Crippen LogP contribution in [0.15, 0.2) is 0 Å². The van der Waals surface area contributed by atoms with Gasteiger partial charge in [0.2, 0.25) is 0 Å². The SMILES string of the molecule is CSCCN1CCN(CCS)CCN(CCS)CC1. The predicted octanol–water partition coefficient (Wildman–Crippen LogP) is 1.13. The van der Waals surface area contributed by atoms with Crippen molar-refractivity contribution in [2.75, 3.05) is 82.4 Å². The summed E-state index contributed by atoms with van der Waals surface area (Å²) in [6.07, 6.45) is 2.19. The Labute approximate surface area is 134 Å². The monoisotopic (exact) mass is 323 g/mol. The van der Waals surface area contributed by atoms with Gasteiger partial charge in [-0.05, 0) is 6.26 Å². The number of hydrogen-bond acceptors (Lipinski definition) is 6. The van der Waals surface area contributed by atoms with E-state index < -0.39 is 0 Å². The van der Waals surface area contributed by atoms with Crippen molar-refractivity contribution in [3.8, 4) is 0 Å². The third kappa shape index (κ3) is 8.07. The lowest BCUT2D eigenvalue weighted by molar-refractivity contribution is 0.234. The van der Waals surface area contributed by atoms with Crippen molar-refractivity contribution in [3.63, 3.8) is 0 Å². The van der Waals surface area contributed by atoms with Gasteiger partial charge in [-0.3, -0.25) is 14.7 Å². The quantitative estimate of drug-likeness (QED) is 0.680. The number of thioether (sulfide) groups is 1. The molecule has 0 aromatic heterocycles. The van der Waals surface area contributed by atoms with E-state index in [1.54, 1.807) is 0 Å². The van der Waals surface area contributed by atoms with Gasteiger partial charge in [0.15, 0.2) is 0 Å². The number of nitrogens with zero attached hydrogens (tertiary/aromatic N) is 3. The molecule has 3 nitrogen and oxygen atoms in total. The lowest BCUT2D eigenvalue weighted by atomic mass is 10.4. The summed E-state index contributed by atoms with van der Waals surface area (Å²) in [4.78, 5) is 7.71. The molecule has 0 aliphatic carbocycles. The minimum Gasteiger partial charge on any atom is -0.300 e. The van der Waals surface area contributed by atoms with Gasteiger partial charge in [-0.25, -0.2) is 0 Å². The zero-order valence-corrected chi connectivity index (χ0v) is 14.7. The molecule has 0 unspecified atom stereocenters. The molecular formula is C13H29N3S3. The largest absolute Gasteiger partial charge is 0.300 e. The fraction of sp³-hybridized carbons (Fsp3) is 1.00. The molecule has 6 heteroatoms. The summed E-state index contributed by atoms with van der Waals surface area (Å²) in [5, 5.41) is 0. The van der Waals surface area contributed by atoms with Gasteiger partial charge >= 0.3 is 0 Å². The second-order valence-corrected chi connectivity index (χ2v) is 6.84. The third-order valence-electron chi connectivity index (χ3n) is 3.64. The summed E-state index contributed by atoms with van der Waals surface area (Å²) in [6.45, 7) is 10.5. The topological polar surface area (TPSA) is 9.72 Å². The highest BCUT2D eigenvalue weighted by Gasteiger charge is 2.15. The Morgan fingerprint density at radius 3 is 1.42 bits per heavy atom. The van der Waals surface area contributed by atoms with Crippen molar-refractivity contribution >= 4 is 37.0 Å². The Hall–Kier alpha value is 0.930. The van der Waals surface area contributed by atoms with Gasteiger partial charge in [-0.15, -0.1) is 0 Å². The molecular weight excluding hydrogens is 294 g/mol. The summed E-state index contributed by atoms with van der Waals surface area (Å²) in [5.41, 5.74) is 0. The van der Waals surface area contributed by atoms with E-state index in [-0.39, 0.29) is 0 Å². The van der Waals surface area contributed by atoms with E-state index in [1.807, 2.05) is 11.8 Å². The molecule has 0 bridgehead atoms. The van der Waals surface area contributed by atoms with Crippen LogP contribution < -0.4 is 0 Å². The summed E-state index contributed by atoms with van der Waals surface area (Å²) < 4.78 is 0. The summed E-state index contributed by atoms with van der Waals surface area (Å²) in [5.74, 6) is 3.15. The standard InChI is InChI=1S/C13H29N3S3/c1-19-13-10-16-6-4-14(8-11-17)2-3-15(5-7-16)9-12-18/h17-18H,2-13H2,1H3. The molecule has 1 aliphatic rings. The van der Waals surface area contributed by atoms with Crippen molar-refractivity contribution in [1.82, 2.24) is 14.7 Å². The normalized spacial score (nSPS) is 21.0. The van der Waals surface area contributed by atoms with Gasteiger partial charge in [0.1, 0.15) is 0 Å². The van der Waals surface area contributed by atoms with Crippen LogP contribution in [-0.2, 0) is 0 Å². The summed E-state index contributed by atoms with van der Waals surface area (Å²) in [6, 6.07) is 0. The lowest BCUT2D eigenvalue weighted by Crippen LogP contribution is -2.37. The Kier molecular flexibility index (Phi) is 11.0. The van der Waals surface area contributed by atoms with E-state index in [9.17, 15) is 0 Å². The molecule has 0 spiro atoms. The zero-order valence-electron chi connectivity index (χ0n) is 12.1. The first-order valence-electron chi connectivity index (χ1n) is 7.18. The number of thiol groups is 2. The van der Waals surface area contributed by atoms with Gasteiger partial charge in [0, 0.05) is 76.2 Å². The highest BCUT2D eigenvalue weighted by molar-refractivity contribution is 7.98. The second kappa shape index (κ2) is 11.6. The molecule has 114 valence electrons. The van der Waals surface area contributed by atoms with E-state index >= 15 is 0 Å². The Bertz CT molecular complexity index is 201. The van der Waals surface area contributed by atoms with Crippen LogP contribution in [0.5, 0.6) is 0 Å². The van der Waals surface area contributed by atoms with Gasteiger partial charge in [0.05, 0.1) is 0 Å². The predicted molar refractivity (Wildman–Crippen MR) is 95.4 cm³/mol. The van der Waals surface area contributed by atoms with Crippen LogP contribution in [-0.4, -0.2) is 97.1 Å². The first-order chi connectivity index (χ1) is 9.30. The van der Waals surface area contributed by atoms with Gasteiger partial charge in [-0.1, -0.05) is 0 Å². The van der Waals surface area contributed by atoms with E-state index in [0.29, 0.717) is 0 Å². The molecule has 1 heterocycles. The molecule has 0 amide bonds. The fourth-order valence-corrected chi connectivity index (χ4v) is 3.36. The first kappa shape index (κ1) is 18.0. The van der Waals surface area contributed by atoms with Gasteiger partial charge in [0.25, 0.3) is 0 Å². The van der Waals surface area contributed by atoms with E-state index in [4.69, 9.17) is 0 Å². The van der Waals surface area contributed by atoms with Crippen molar-refractivity contribution in [2.24, 2.45) is 0 Å². The molecule has 1 rings (SSSR count). The highest BCUT2D eigenvalue weighted by atomic mass is 32.2. The minimum atomic E-state index is 0.956. The van der Waals surface area contributed by atoms with Crippen LogP contribution in [0.3, 0.4) is 0 Å².